The highest BCUT2D eigenvalue weighted by Crippen LogP contribution is 2.44. The van der Waals surface area contributed by atoms with Crippen LogP contribution in [0.2, 0.25) is 0 Å². The average Bonchev–Trinajstić information content (AvgIpc) is 2.66. The first-order chi connectivity index (χ1) is 13.0. The van der Waals surface area contributed by atoms with Crippen LogP contribution < -0.4 is 0 Å². The number of carbonyl (C=O) groups excluding carboxylic acids is 1. The van der Waals surface area contributed by atoms with Crippen LogP contribution >= 0.6 is 0 Å². The van der Waals surface area contributed by atoms with Crippen LogP contribution in [-0.2, 0) is 16.9 Å². The van der Waals surface area contributed by atoms with Gasteiger partial charge in [-0.3, -0.25) is 0 Å². The fourth-order valence-electron chi connectivity index (χ4n) is 4.40. The second kappa shape index (κ2) is 7.27. The average molecular weight is 370 g/mol. The van der Waals surface area contributed by atoms with Crippen LogP contribution in [0.3, 0.4) is 0 Å². The Morgan fingerprint density at radius 1 is 1.15 bits per heavy atom. The minimum Gasteiger partial charge on any atom is -0.445 e. The monoisotopic (exact) mass is 370 g/mol. The van der Waals surface area contributed by atoms with Crippen molar-refractivity contribution in [2.45, 2.75) is 56.4 Å². The van der Waals surface area contributed by atoms with Gasteiger partial charge in [-0.2, -0.15) is 4.39 Å². The SMILES string of the molecule is O=C(OCc1ccccc1)N1C2CCCC1CC(O)(c1cccc(F)n1)C2. The van der Waals surface area contributed by atoms with Crippen LogP contribution in [0.25, 0.3) is 0 Å². The molecule has 2 atom stereocenters. The predicted molar refractivity (Wildman–Crippen MR) is 97.2 cm³/mol. The molecule has 2 fully saturated rings. The van der Waals surface area contributed by atoms with E-state index in [1.54, 1.807) is 17.0 Å². The largest absolute Gasteiger partial charge is 0.445 e. The Kier molecular flexibility index (Phi) is 4.83. The normalized spacial score (nSPS) is 27.3. The van der Waals surface area contributed by atoms with E-state index < -0.39 is 11.5 Å². The molecule has 2 aliphatic heterocycles. The number of hydrogen-bond donors (Lipinski definition) is 1. The highest BCUT2D eigenvalue weighted by atomic mass is 19.1. The van der Waals surface area contributed by atoms with Crippen molar-refractivity contribution in [1.29, 1.82) is 0 Å². The topological polar surface area (TPSA) is 62.7 Å². The lowest BCUT2D eigenvalue weighted by molar-refractivity contribution is -0.0921. The summed E-state index contributed by atoms with van der Waals surface area (Å²) < 4.78 is 19.1. The number of aromatic nitrogens is 1. The summed E-state index contributed by atoms with van der Waals surface area (Å²) in [5.74, 6) is -0.601. The number of nitrogens with zero attached hydrogens (tertiary/aromatic N) is 2. The molecule has 4 rings (SSSR count). The molecule has 5 nitrogen and oxygen atoms in total. The smallest absolute Gasteiger partial charge is 0.410 e. The van der Waals surface area contributed by atoms with Gasteiger partial charge in [0, 0.05) is 24.9 Å². The molecule has 0 saturated carbocycles. The summed E-state index contributed by atoms with van der Waals surface area (Å²) in [5, 5.41) is 11.2. The molecule has 0 radical (unpaired) electrons. The lowest BCUT2D eigenvalue weighted by Gasteiger charge is -2.51. The molecule has 6 heteroatoms. The molecule has 2 aromatic rings. The molecule has 27 heavy (non-hydrogen) atoms. The maximum absolute atomic E-state index is 13.5. The number of hydrogen-bond acceptors (Lipinski definition) is 4. The standard InChI is InChI=1S/C21H23FN2O3/c22-19-11-5-10-18(23-19)21(26)12-16-8-4-9-17(13-21)24(16)20(25)27-14-15-6-2-1-3-7-15/h1-3,5-7,10-11,16-17,26H,4,8-9,12-14H2. The van der Waals surface area contributed by atoms with Gasteiger partial charge in [0.25, 0.3) is 0 Å². The van der Waals surface area contributed by atoms with Crippen molar-refractivity contribution in [1.82, 2.24) is 9.88 Å². The van der Waals surface area contributed by atoms with E-state index in [9.17, 15) is 14.3 Å². The second-order valence-electron chi connectivity index (χ2n) is 7.47. The first kappa shape index (κ1) is 17.9. The number of halogens is 1. The third-order valence-corrected chi connectivity index (χ3v) is 5.62. The maximum Gasteiger partial charge on any atom is 0.410 e. The zero-order valence-corrected chi connectivity index (χ0v) is 15.1. The number of amides is 1. The molecule has 2 bridgehead atoms. The van der Waals surface area contributed by atoms with E-state index in [0.29, 0.717) is 18.5 Å². The number of aliphatic hydroxyl groups is 1. The zero-order chi connectivity index (χ0) is 18.9. The molecule has 0 aliphatic carbocycles. The minimum atomic E-state index is -1.21. The lowest BCUT2D eigenvalue weighted by atomic mass is 9.74. The van der Waals surface area contributed by atoms with E-state index in [0.717, 1.165) is 24.8 Å². The molecule has 2 unspecified atom stereocenters. The highest BCUT2D eigenvalue weighted by molar-refractivity contribution is 5.69. The van der Waals surface area contributed by atoms with Gasteiger partial charge >= 0.3 is 6.09 Å². The van der Waals surface area contributed by atoms with Gasteiger partial charge in [0.05, 0.1) is 5.69 Å². The zero-order valence-electron chi connectivity index (χ0n) is 15.1. The van der Waals surface area contributed by atoms with E-state index in [2.05, 4.69) is 4.98 Å². The Morgan fingerprint density at radius 3 is 2.52 bits per heavy atom. The van der Waals surface area contributed by atoms with E-state index in [4.69, 9.17) is 4.74 Å². The van der Waals surface area contributed by atoms with E-state index >= 15 is 0 Å². The maximum atomic E-state index is 13.5. The summed E-state index contributed by atoms with van der Waals surface area (Å²) >= 11 is 0. The number of ether oxygens (including phenoxy) is 1. The number of rotatable bonds is 3. The molecule has 1 N–H and O–H groups in total. The fraction of sp³-hybridized carbons (Fsp3) is 0.429. The van der Waals surface area contributed by atoms with Crippen LogP contribution in [0, 0.1) is 5.95 Å². The summed E-state index contributed by atoms with van der Waals surface area (Å²) in [4.78, 5) is 18.4. The fourth-order valence-corrected chi connectivity index (χ4v) is 4.40. The number of piperidine rings is 2. The Balaban J connectivity index is 1.49. The van der Waals surface area contributed by atoms with Gasteiger partial charge in [-0.05, 0) is 37.0 Å². The summed E-state index contributed by atoms with van der Waals surface area (Å²) in [6.07, 6.45) is 2.96. The van der Waals surface area contributed by atoms with Gasteiger partial charge in [0.15, 0.2) is 0 Å². The first-order valence-electron chi connectivity index (χ1n) is 9.40. The van der Waals surface area contributed by atoms with Crippen molar-refractivity contribution in [3.05, 3.63) is 65.7 Å². The van der Waals surface area contributed by atoms with Crippen LogP contribution in [0.15, 0.2) is 48.5 Å². The summed E-state index contributed by atoms with van der Waals surface area (Å²) in [6.45, 7) is 0.228. The van der Waals surface area contributed by atoms with E-state index in [1.165, 1.54) is 6.07 Å². The van der Waals surface area contributed by atoms with E-state index in [1.807, 2.05) is 30.3 Å². The van der Waals surface area contributed by atoms with Gasteiger partial charge < -0.3 is 14.7 Å². The van der Waals surface area contributed by atoms with Crippen molar-refractivity contribution in [3.63, 3.8) is 0 Å². The molecule has 1 amide bonds. The highest BCUT2D eigenvalue weighted by Gasteiger charge is 2.49. The Bertz CT molecular complexity index is 800. The molecule has 2 aliphatic rings. The van der Waals surface area contributed by atoms with Crippen LogP contribution in [0.5, 0.6) is 0 Å². The minimum absolute atomic E-state index is 0.129. The van der Waals surface area contributed by atoms with Crippen molar-refractivity contribution < 1.29 is 19.0 Å². The summed E-state index contributed by atoms with van der Waals surface area (Å²) in [6, 6.07) is 13.8. The first-order valence-corrected chi connectivity index (χ1v) is 9.40. The van der Waals surface area contributed by atoms with Crippen molar-refractivity contribution in [3.8, 4) is 0 Å². The Labute approximate surface area is 157 Å². The van der Waals surface area contributed by atoms with Gasteiger partial charge in [0.2, 0.25) is 5.95 Å². The second-order valence-corrected chi connectivity index (χ2v) is 7.47. The number of carbonyl (C=O) groups is 1. The van der Waals surface area contributed by atoms with Crippen LogP contribution in [0.1, 0.15) is 43.4 Å². The number of fused-ring (bicyclic) bond motifs is 2. The molecule has 2 saturated heterocycles. The van der Waals surface area contributed by atoms with Gasteiger partial charge in [-0.15, -0.1) is 0 Å². The van der Waals surface area contributed by atoms with Gasteiger partial charge in [-0.1, -0.05) is 36.4 Å². The van der Waals surface area contributed by atoms with E-state index in [-0.39, 0.29) is 24.8 Å². The predicted octanol–water partition coefficient (Wildman–Crippen LogP) is 3.76. The lowest BCUT2D eigenvalue weighted by Crippen LogP contribution is -2.59. The van der Waals surface area contributed by atoms with Crippen molar-refractivity contribution >= 4 is 6.09 Å². The van der Waals surface area contributed by atoms with Crippen molar-refractivity contribution in [2.24, 2.45) is 0 Å². The molecule has 3 heterocycles. The molecular formula is C21H23FN2O3. The van der Waals surface area contributed by atoms with Crippen LogP contribution in [-0.4, -0.2) is 33.2 Å². The molecule has 0 spiro atoms. The third kappa shape index (κ3) is 3.67. The van der Waals surface area contributed by atoms with Crippen LogP contribution in [0.4, 0.5) is 9.18 Å². The van der Waals surface area contributed by atoms with Crippen molar-refractivity contribution in [2.75, 3.05) is 0 Å². The quantitative estimate of drug-likeness (QED) is 0.836. The Hall–Kier alpha value is -2.47. The summed E-state index contributed by atoms with van der Waals surface area (Å²) in [7, 11) is 0. The molecule has 1 aromatic carbocycles. The third-order valence-electron chi connectivity index (χ3n) is 5.62. The van der Waals surface area contributed by atoms with Gasteiger partial charge in [-0.25, -0.2) is 9.78 Å². The number of pyridine rings is 1. The number of benzene rings is 1. The molecule has 142 valence electrons. The Morgan fingerprint density at radius 2 is 1.85 bits per heavy atom. The van der Waals surface area contributed by atoms with Gasteiger partial charge in [0.1, 0.15) is 12.2 Å². The molecule has 1 aromatic heterocycles. The molecular weight excluding hydrogens is 347 g/mol. The summed E-state index contributed by atoms with van der Waals surface area (Å²) in [5.41, 5.74) is 0.0684.